The minimum absolute atomic E-state index is 0.426. The van der Waals surface area contributed by atoms with Gasteiger partial charge < -0.3 is 9.84 Å². The molecule has 2 aromatic rings. The van der Waals surface area contributed by atoms with Crippen molar-refractivity contribution in [2.75, 3.05) is 0 Å². The third kappa shape index (κ3) is 3.84. The third-order valence-corrected chi connectivity index (χ3v) is 5.38. The van der Waals surface area contributed by atoms with Gasteiger partial charge in [0.05, 0.1) is 5.76 Å². The molecule has 0 aliphatic heterocycles. The Kier molecular flexibility index (Phi) is 5.67. The lowest BCUT2D eigenvalue weighted by molar-refractivity contribution is 0.413. The van der Waals surface area contributed by atoms with Crippen LogP contribution in [0.15, 0.2) is 36.1 Å². The highest BCUT2D eigenvalue weighted by molar-refractivity contribution is 5.92. The number of aryl methyl sites for hydroxylation is 1. The maximum absolute atomic E-state index is 10.7. The minimum Gasteiger partial charge on any atom is -0.508 e. The summed E-state index contributed by atoms with van der Waals surface area (Å²) in [5.41, 5.74) is 2.30. The molecule has 1 aliphatic rings. The molecule has 0 aromatic heterocycles. The molecular weight excluding hydrogens is 308 g/mol. The quantitative estimate of drug-likeness (QED) is 0.604. The molecular formula is C23H30O2. The molecule has 0 amide bonds. The molecule has 0 spiro atoms. The van der Waals surface area contributed by atoms with Crippen LogP contribution in [0.3, 0.4) is 0 Å². The van der Waals surface area contributed by atoms with Crippen LogP contribution in [0, 0.1) is 0 Å². The first-order chi connectivity index (χ1) is 12.1. The van der Waals surface area contributed by atoms with Gasteiger partial charge in [-0.25, -0.2) is 0 Å². The number of allylic oxidation sites excluding steroid dienone is 2. The second-order valence-corrected chi connectivity index (χ2v) is 7.20. The highest BCUT2D eigenvalue weighted by Gasteiger charge is 2.20. The molecule has 0 heterocycles. The standard InChI is InChI=1S/C23H30O2/c1-4-9-16(3)25-23-17(5-2)12-13-19-14-20(22(24)15-21(19)23)18-10-7-6-8-11-18/h9,12-15,18,24H,4-8,10-11H2,1-3H3/b16-9-. The Balaban J connectivity index is 2.08. The lowest BCUT2D eigenvalue weighted by Crippen LogP contribution is -2.05. The van der Waals surface area contributed by atoms with E-state index in [4.69, 9.17) is 4.74 Å². The van der Waals surface area contributed by atoms with E-state index in [1.807, 2.05) is 13.0 Å². The summed E-state index contributed by atoms with van der Waals surface area (Å²) in [6, 6.07) is 8.45. The first-order valence-electron chi connectivity index (χ1n) is 9.77. The first-order valence-corrected chi connectivity index (χ1v) is 9.77. The van der Waals surface area contributed by atoms with Gasteiger partial charge in [0.1, 0.15) is 11.5 Å². The SMILES string of the molecule is CC/C=C(/C)Oc1c(CC)ccc2cc(C3CCCCC3)c(O)cc12. The van der Waals surface area contributed by atoms with Crippen molar-refractivity contribution in [3.63, 3.8) is 0 Å². The van der Waals surface area contributed by atoms with Gasteiger partial charge in [0.15, 0.2) is 0 Å². The van der Waals surface area contributed by atoms with Crippen molar-refractivity contribution in [3.05, 3.63) is 47.2 Å². The van der Waals surface area contributed by atoms with Crippen molar-refractivity contribution in [1.82, 2.24) is 0 Å². The van der Waals surface area contributed by atoms with Gasteiger partial charge in [0, 0.05) is 5.39 Å². The Labute approximate surface area is 151 Å². The Morgan fingerprint density at radius 3 is 2.60 bits per heavy atom. The van der Waals surface area contributed by atoms with E-state index in [-0.39, 0.29) is 0 Å². The van der Waals surface area contributed by atoms with Crippen molar-refractivity contribution in [1.29, 1.82) is 0 Å². The fourth-order valence-corrected chi connectivity index (χ4v) is 4.03. The zero-order chi connectivity index (χ0) is 17.8. The highest BCUT2D eigenvalue weighted by Crippen LogP contribution is 2.41. The molecule has 1 fully saturated rings. The lowest BCUT2D eigenvalue weighted by Gasteiger charge is -2.23. The third-order valence-electron chi connectivity index (χ3n) is 5.38. The van der Waals surface area contributed by atoms with E-state index < -0.39 is 0 Å². The molecule has 0 unspecified atom stereocenters. The predicted molar refractivity (Wildman–Crippen MR) is 105 cm³/mol. The number of aromatic hydroxyl groups is 1. The Morgan fingerprint density at radius 1 is 1.16 bits per heavy atom. The van der Waals surface area contributed by atoms with E-state index in [1.165, 1.54) is 37.7 Å². The molecule has 0 saturated heterocycles. The van der Waals surface area contributed by atoms with Crippen molar-refractivity contribution < 1.29 is 9.84 Å². The highest BCUT2D eigenvalue weighted by atomic mass is 16.5. The first kappa shape index (κ1) is 17.8. The van der Waals surface area contributed by atoms with Gasteiger partial charge in [-0.2, -0.15) is 0 Å². The van der Waals surface area contributed by atoms with Crippen molar-refractivity contribution >= 4 is 10.8 Å². The summed E-state index contributed by atoms with van der Waals surface area (Å²) in [6.07, 6.45) is 10.2. The summed E-state index contributed by atoms with van der Waals surface area (Å²) in [7, 11) is 0. The Morgan fingerprint density at radius 2 is 1.92 bits per heavy atom. The van der Waals surface area contributed by atoms with E-state index in [1.54, 1.807) is 0 Å². The van der Waals surface area contributed by atoms with Crippen LogP contribution in [-0.4, -0.2) is 5.11 Å². The summed E-state index contributed by atoms with van der Waals surface area (Å²) < 4.78 is 6.18. The summed E-state index contributed by atoms with van der Waals surface area (Å²) >= 11 is 0. The van der Waals surface area contributed by atoms with Gasteiger partial charge in [0.25, 0.3) is 0 Å². The van der Waals surface area contributed by atoms with E-state index in [0.29, 0.717) is 11.7 Å². The average Bonchev–Trinajstić information content (AvgIpc) is 2.62. The van der Waals surface area contributed by atoms with Crippen LogP contribution in [0.1, 0.15) is 76.3 Å². The molecule has 1 saturated carbocycles. The van der Waals surface area contributed by atoms with Gasteiger partial charge in [-0.15, -0.1) is 0 Å². The molecule has 3 rings (SSSR count). The molecule has 1 aliphatic carbocycles. The van der Waals surface area contributed by atoms with E-state index in [0.717, 1.165) is 40.7 Å². The molecule has 0 atom stereocenters. The average molecular weight is 338 g/mol. The second kappa shape index (κ2) is 7.95. The molecule has 134 valence electrons. The van der Waals surface area contributed by atoms with Gasteiger partial charge >= 0.3 is 0 Å². The topological polar surface area (TPSA) is 29.5 Å². The number of hydrogen-bond acceptors (Lipinski definition) is 2. The molecule has 2 heteroatoms. The molecule has 0 radical (unpaired) electrons. The van der Waals surface area contributed by atoms with Crippen LogP contribution in [0.5, 0.6) is 11.5 Å². The molecule has 25 heavy (non-hydrogen) atoms. The number of benzene rings is 2. The molecule has 0 bridgehead atoms. The maximum Gasteiger partial charge on any atom is 0.138 e. The number of hydrogen-bond donors (Lipinski definition) is 1. The Hall–Kier alpha value is -1.96. The van der Waals surface area contributed by atoms with Gasteiger partial charge in [-0.05, 0) is 73.2 Å². The zero-order valence-corrected chi connectivity index (χ0v) is 15.8. The smallest absolute Gasteiger partial charge is 0.138 e. The number of rotatable bonds is 5. The van der Waals surface area contributed by atoms with Crippen molar-refractivity contribution in [2.24, 2.45) is 0 Å². The monoisotopic (exact) mass is 338 g/mol. The van der Waals surface area contributed by atoms with Gasteiger partial charge in [-0.3, -0.25) is 0 Å². The van der Waals surface area contributed by atoms with Crippen LogP contribution >= 0.6 is 0 Å². The lowest BCUT2D eigenvalue weighted by atomic mass is 9.83. The molecule has 1 N–H and O–H groups in total. The number of phenols is 1. The minimum atomic E-state index is 0.426. The normalized spacial score (nSPS) is 16.4. The zero-order valence-electron chi connectivity index (χ0n) is 15.8. The number of fused-ring (bicyclic) bond motifs is 1. The van der Waals surface area contributed by atoms with Crippen LogP contribution in [0.25, 0.3) is 10.8 Å². The van der Waals surface area contributed by atoms with Crippen LogP contribution in [-0.2, 0) is 6.42 Å². The van der Waals surface area contributed by atoms with Crippen LogP contribution in [0.4, 0.5) is 0 Å². The number of phenolic OH excluding ortho intramolecular Hbond substituents is 1. The summed E-state index contributed by atoms with van der Waals surface area (Å²) in [5.74, 6) is 2.73. The fraction of sp³-hybridized carbons (Fsp3) is 0.478. The van der Waals surface area contributed by atoms with Gasteiger partial charge in [0.2, 0.25) is 0 Å². The summed E-state index contributed by atoms with van der Waals surface area (Å²) in [5, 5.41) is 12.9. The Bertz CT molecular complexity index is 767. The molecule has 2 nitrogen and oxygen atoms in total. The summed E-state index contributed by atoms with van der Waals surface area (Å²) in [4.78, 5) is 0. The van der Waals surface area contributed by atoms with E-state index >= 15 is 0 Å². The fourth-order valence-electron chi connectivity index (χ4n) is 4.03. The second-order valence-electron chi connectivity index (χ2n) is 7.20. The largest absolute Gasteiger partial charge is 0.508 e. The van der Waals surface area contributed by atoms with Crippen molar-refractivity contribution in [3.8, 4) is 11.5 Å². The van der Waals surface area contributed by atoms with Crippen molar-refractivity contribution in [2.45, 2.75) is 71.6 Å². The van der Waals surface area contributed by atoms with E-state index in [9.17, 15) is 5.11 Å². The van der Waals surface area contributed by atoms with E-state index in [2.05, 4.69) is 38.1 Å². The molecule has 2 aromatic carbocycles. The maximum atomic E-state index is 10.7. The summed E-state index contributed by atoms with van der Waals surface area (Å²) in [6.45, 7) is 6.25. The van der Waals surface area contributed by atoms with Gasteiger partial charge in [-0.1, -0.05) is 45.2 Å². The number of ether oxygens (including phenoxy) is 1. The van der Waals surface area contributed by atoms with Crippen LogP contribution < -0.4 is 4.74 Å². The predicted octanol–water partition coefficient (Wildman–Crippen LogP) is 6.85. The van der Waals surface area contributed by atoms with Crippen LogP contribution in [0.2, 0.25) is 0 Å².